The average Bonchev–Trinajstić information content (AvgIpc) is 3.02. The Morgan fingerprint density at radius 3 is 2.70 bits per heavy atom. The van der Waals surface area contributed by atoms with Crippen LogP contribution in [0, 0.1) is 0 Å². The highest BCUT2D eigenvalue weighted by molar-refractivity contribution is 5.79. The van der Waals surface area contributed by atoms with Crippen LogP contribution in [-0.4, -0.2) is 40.1 Å². The lowest BCUT2D eigenvalue weighted by Crippen LogP contribution is -2.37. The number of hydrogen-bond acceptors (Lipinski definition) is 4. The van der Waals surface area contributed by atoms with Crippen LogP contribution in [0.5, 0.6) is 0 Å². The molecule has 7 nitrogen and oxygen atoms in total. The normalized spacial score (nSPS) is 12.3. The van der Waals surface area contributed by atoms with Crippen LogP contribution in [0.2, 0.25) is 0 Å². The number of nitrogens with one attached hydrogen (secondary N) is 2. The number of hydrogen-bond donors (Lipinski definition) is 2. The SMILES string of the molecule is CCNC(=NCc1cccc(COCC(F)(F)F)c1)NCc1ncnn1C. The van der Waals surface area contributed by atoms with Crippen LogP contribution < -0.4 is 10.6 Å². The summed E-state index contributed by atoms with van der Waals surface area (Å²) in [4.78, 5) is 8.63. The van der Waals surface area contributed by atoms with Gasteiger partial charge in [0.25, 0.3) is 0 Å². The summed E-state index contributed by atoms with van der Waals surface area (Å²) in [6.07, 6.45) is -2.84. The summed E-state index contributed by atoms with van der Waals surface area (Å²) in [6.45, 7) is 2.14. The van der Waals surface area contributed by atoms with Gasteiger partial charge in [-0.2, -0.15) is 18.3 Å². The van der Waals surface area contributed by atoms with Gasteiger partial charge in [-0.3, -0.25) is 4.68 Å². The third kappa shape index (κ3) is 7.65. The van der Waals surface area contributed by atoms with Crippen molar-refractivity contribution >= 4 is 5.96 Å². The van der Waals surface area contributed by atoms with Gasteiger partial charge in [-0.05, 0) is 18.1 Å². The Labute approximate surface area is 155 Å². The van der Waals surface area contributed by atoms with Crippen molar-refractivity contribution in [3.8, 4) is 0 Å². The third-order valence-electron chi connectivity index (χ3n) is 3.51. The van der Waals surface area contributed by atoms with Crippen molar-refractivity contribution in [2.45, 2.75) is 32.8 Å². The molecule has 1 aromatic heterocycles. The molecule has 0 fully saturated rings. The molecule has 1 heterocycles. The van der Waals surface area contributed by atoms with Gasteiger partial charge < -0.3 is 15.4 Å². The van der Waals surface area contributed by atoms with E-state index in [1.165, 1.54) is 6.33 Å². The quantitative estimate of drug-likeness (QED) is 0.539. The first-order valence-corrected chi connectivity index (χ1v) is 8.44. The number of benzene rings is 1. The number of aromatic nitrogens is 3. The first kappa shape index (κ1) is 20.7. The van der Waals surface area contributed by atoms with Crippen LogP contribution in [0.15, 0.2) is 35.6 Å². The zero-order valence-corrected chi connectivity index (χ0v) is 15.3. The largest absolute Gasteiger partial charge is 0.411 e. The molecule has 0 saturated heterocycles. The van der Waals surface area contributed by atoms with E-state index >= 15 is 0 Å². The van der Waals surface area contributed by atoms with Gasteiger partial charge in [0.05, 0.1) is 19.7 Å². The van der Waals surface area contributed by atoms with Gasteiger partial charge >= 0.3 is 6.18 Å². The highest BCUT2D eigenvalue weighted by Gasteiger charge is 2.27. The van der Waals surface area contributed by atoms with E-state index in [1.54, 1.807) is 29.9 Å². The monoisotopic (exact) mass is 384 g/mol. The molecule has 0 bridgehead atoms. The second-order valence-electron chi connectivity index (χ2n) is 5.78. The van der Waals surface area contributed by atoms with Crippen LogP contribution in [-0.2, 0) is 31.5 Å². The Morgan fingerprint density at radius 1 is 1.26 bits per heavy atom. The molecule has 0 unspecified atom stereocenters. The lowest BCUT2D eigenvalue weighted by Gasteiger charge is -2.11. The van der Waals surface area contributed by atoms with E-state index in [0.717, 1.165) is 11.4 Å². The standard InChI is InChI=1S/C17H23F3N6O/c1-3-21-16(23-9-15-24-12-25-26(15)2)22-8-13-5-4-6-14(7-13)10-27-11-17(18,19)20/h4-7,12H,3,8-11H2,1-2H3,(H2,21,22,23). The van der Waals surface area contributed by atoms with Crippen molar-refractivity contribution in [3.05, 3.63) is 47.5 Å². The minimum absolute atomic E-state index is 0.0957. The minimum atomic E-state index is -4.32. The van der Waals surface area contributed by atoms with Crippen molar-refractivity contribution in [1.29, 1.82) is 0 Å². The molecule has 27 heavy (non-hydrogen) atoms. The second-order valence-corrected chi connectivity index (χ2v) is 5.78. The molecule has 0 radical (unpaired) electrons. The molecule has 0 amide bonds. The molecule has 0 saturated carbocycles. The van der Waals surface area contributed by atoms with Crippen molar-refractivity contribution in [2.75, 3.05) is 13.2 Å². The maximum Gasteiger partial charge on any atom is 0.411 e. The summed E-state index contributed by atoms with van der Waals surface area (Å²) in [6, 6.07) is 7.15. The Hall–Kier alpha value is -2.62. The summed E-state index contributed by atoms with van der Waals surface area (Å²) >= 11 is 0. The van der Waals surface area contributed by atoms with Gasteiger partial charge in [0.1, 0.15) is 18.8 Å². The summed E-state index contributed by atoms with van der Waals surface area (Å²) in [5, 5.41) is 10.3. The van der Waals surface area contributed by atoms with Crippen LogP contribution >= 0.6 is 0 Å². The van der Waals surface area contributed by atoms with Crippen molar-refractivity contribution in [1.82, 2.24) is 25.4 Å². The molecule has 2 N–H and O–H groups in total. The number of halogens is 3. The lowest BCUT2D eigenvalue weighted by atomic mass is 10.1. The van der Waals surface area contributed by atoms with E-state index in [2.05, 4.69) is 25.7 Å². The summed E-state index contributed by atoms with van der Waals surface area (Å²) in [7, 11) is 1.81. The van der Waals surface area contributed by atoms with Gasteiger partial charge in [0.15, 0.2) is 5.96 Å². The van der Waals surface area contributed by atoms with Gasteiger partial charge in [0, 0.05) is 13.6 Å². The Bertz CT molecular complexity index is 744. The molecule has 148 valence electrons. The topological polar surface area (TPSA) is 76.4 Å². The third-order valence-corrected chi connectivity index (χ3v) is 3.51. The first-order chi connectivity index (χ1) is 12.9. The Morgan fingerprint density at radius 2 is 2.04 bits per heavy atom. The van der Waals surface area contributed by atoms with Gasteiger partial charge in [0.2, 0.25) is 0 Å². The van der Waals surface area contributed by atoms with Crippen molar-refractivity contribution in [3.63, 3.8) is 0 Å². The zero-order chi connectivity index (χ0) is 19.7. The van der Waals surface area contributed by atoms with Crippen LogP contribution in [0.3, 0.4) is 0 Å². The minimum Gasteiger partial charge on any atom is -0.367 e. The van der Waals surface area contributed by atoms with Crippen molar-refractivity contribution < 1.29 is 17.9 Å². The summed E-state index contributed by atoms with van der Waals surface area (Å²) in [5.74, 6) is 1.38. The van der Waals surface area contributed by atoms with Crippen LogP contribution in [0.1, 0.15) is 23.9 Å². The highest BCUT2D eigenvalue weighted by Crippen LogP contribution is 2.16. The number of aryl methyl sites for hydroxylation is 1. The van der Waals surface area contributed by atoms with Gasteiger partial charge in [-0.25, -0.2) is 9.98 Å². The fourth-order valence-corrected chi connectivity index (χ4v) is 2.26. The van der Waals surface area contributed by atoms with Crippen molar-refractivity contribution in [2.24, 2.45) is 12.0 Å². The number of alkyl halides is 3. The van der Waals surface area contributed by atoms with E-state index in [1.807, 2.05) is 13.0 Å². The molecule has 0 atom stereocenters. The smallest absolute Gasteiger partial charge is 0.367 e. The molecule has 10 heteroatoms. The maximum absolute atomic E-state index is 12.2. The van der Waals surface area contributed by atoms with E-state index in [0.29, 0.717) is 31.2 Å². The Kier molecular flexibility index (Phi) is 7.59. The number of guanidine groups is 1. The summed E-state index contributed by atoms with van der Waals surface area (Å²) < 4.78 is 42.8. The number of rotatable bonds is 8. The molecular weight excluding hydrogens is 361 g/mol. The van der Waals surface area contributed by atoms with E-state index in [9.17, 15) is 13.2 Å². The average molecular weight is 384 g/mol. The van der Waals surface area contributed by atoms with E-state index in [4.69, 9.17) is 4.74 Å². The fraction of sp³-hybridized carbons (Fsp3) is 0.471. The molecule has 1 aromatic carbocycles. The molecule has 0 aliphatic rings. The molecule has 0 aliphatic heterocycles. The summed E-state index contributed by atoms with van der Waals surface area (Å²) in [5.41, 5.74) is 1.54. The number of ether oxygens (including phenoxy) is 1. The predicted molar refractivity (Wildman–Crippen MR) is 94.8 cm³/mol. The van der Waals surface area contributed by atoms with Gasteiger partial charge in [-0.15, -0.1) is 0 Å². The molecule has 2 rings (SSSR count). The van der Waals surface area contributed by atoms with Gasteiger partial charge in [-0.1, -0.05) is 24.3 Å². The molecule has 2 aromatic rings. The predicted octanol–water partition coefficient (Wildman–Crippen LogP) is 2.15. The Balaban J connectivity index is 1.92. The maximum atomic E-state index is 12.2. The number of nitrogens with zero attached hydrogens (tertiary/aromatic N) is 4. The first-order valence-electron chi connectivity index (χ1n) is 8.44. The lowest BCUT2D eigenvalue weighted by molar-refractivity contribution is -0.176. The molecule has 0 aliphatic carbocycles. The van der Waals surface area contributed by atoms with Crippen LogP contribution in [0.4, 0.5) is 13.2 Å². The fourth-order valence-electron chi connectivity index (χ4n) is 2.26. The highest BCUT2D eigenvalue weighted by atomic mass is 19.4. The van der Waals surface area contributed by atoms with E-state index < -0.39 is 12.8 Å². The molecular formula is C17H23F3N6O. The van der Waals surface area contributed by atoms with Crippen LogP contribution in [0.25, 0.3) is 0 Å². The second kappa shape index (κ2) is 9.91. The number of aliphatic imine (C=N–C) groups is 1. The van der Waals surface area contributed by atoms with E-state index in [-0.39, 0.29) is 6.61 Å². The zero-order valence-electron chi connectivity index (χ0n) is 15.3. The molecule has 0 spiro atoms.